The average Bonchev–Trinajstić information content (AvgIpc) is 2.72. The largest absolute Gasteiger partial charge is 0.367 e. The van der Waals surface area contributed by atoms with Crippen LogP contribution in [0.15, 0.2) is 18.2 Å². The second kappa shape index (κ2) is 4.75. The van der Waals surface area contributed by atoms with Gasteiger partial charge in [-0.25, -0.2) is 4.39 Å². The van der Waals surface area contributed by atoms with Crippen LogP contribution in [0.1, 0.15) is 25.3 Å². The highest BCUT2D eigenvalue weighted by molar-refractivity contribution is 6.31. The van der Waals surface area contributed by atoms with Crippen molar-refractivity contribution < 1.29 is 13.9 Å². The summed E-state index contributed by atoms with van der Waals surface area (Å²) < 4.78 is 18.5. The van der Waals surface area contributed by atoms with Gasteiger partial charge < -0.3 is 4.74 Å². The van der Waals surface area contributed by atoms with E-state index >= 15 is 0 Å². The molecule has 2 rings (SSSR count). The predicted molar refractivity (Wildman–Crippen MR) is 63.7 cm³/mol. The summed E-state index contributed by atoms with van der Waals surface area (Å²) in [6, 6.07) is 4.06. The molecule has 1 aliphatic heterocycles. The molecule has 1 heterocycles. The van der Waals surface area contributed by atoms with Crippen LogP contribution in [0.25, 0.3) is 0 Å². The lowest BCUT2D eigenvalue weighted by molar-refractivity contribution is -0.136. The fourth-order valence-corrected chi connectivity index (χ4v) is 2.22. The molecule has 1 saturated heterocycles. The van der Waals surface area contributed by atoms with Crippen LogP contribution < -0.4 is 0 Å². The van der Waals surface area contributed by atoms with Crippen LogP contribution in [-0.2, 0) is 16.0 Å². The Morgan fingerprint density at radius 3 is 3.00 bits per heavy atom. The van der Waals surface area contributed by atoms with Crippen LogP contribution in [0.3, 0.4) is 0 Å². The Balaban J connectivity index is 2.15. The molecule has 4 heteroatoms. The Hall–Kier alpha value is -0.930. The van der Waals surface area contributed by atoms with Gasteiger partial charge in [0.1, 0.15) is 11.4 Å². The van der Waals surface area contributed by atoms with Gasteiger partial charge in [-0.3, -0.25) is 4.79 Å². The first-order chi connectivity index (χ1) is 8.01. The van der Waals surface area contributed by atoms with Crippen molar-refractivity contribution in [3.8, 4) is 0 Å². The van der Waals surface area contributed by atoms with Crippen LogP contribution >= 0.6 is 11.6 Å². The Labute approximate surface area is 105 Å². The van der Waals surface area contributed by atoms with Gasteiger partial charge in [0.05, 0.1) is 0 Å². The summed E-state index contributed by atoms with van der Waals surface area (Å²) in [5, 5.41) is 0.418. The molecule has 2 nitrogen and oxygen atoms in total. The zero-order valence-corrected chi connectivity index (χ0v) is 10.4. The Morgan fingerprint density at radius 2 is 2.35 bits per heavy atom. The second-order valence-electron chi connectivity index (χ2n) is 4.52. The van der Waals surface area contributed by atoms with E-state index in [1.807, 2.05) is 0 Å². The molecule has 0 N–H and O–H groups in total. The first-order valence-corrected chi connectivity index (χ1v) is 6.00. The van der Waals surface area contributed by atoms with Crippen molar-refractivity contribution in [2.45, 2.75) is 31.8 Å². The number of rotatable bonds is 3. The molecule has 1 fully saturated rings. The van der Waals surface area contributed by atoms with Gasteiger partial charge in [0.2, 0.25) is 0 Å². The van der Waals surface area contributed by atoms with E-state index in [0.29, 0.717) is 17.2 Å². The molecule has 0 spiro atoms. The fourth-order valence-electron chi connectivity index (χ4n) is 2.04. The molecule has 1 unspecified atom stereocenters. The number of halogens is 2. The highest BCUT2D eigenvalue weighted by Crippen LogP contribution is 2.28. The maximum Gasteiger partial charge on any atom is 0.168 e. The van der Waals surface area contributed by atoms with Crippen molar-refractivity contribution in [1.29, 1.82) is 0 Å². The highest BCUT2D eigenvalue weighted by atomic mass is 35.5. The number of carbonyl (C=O) groups is 1. The molecule has 17 heavy (non-hydrogen) atoms. The zero-order valence-electron chi connectivity index (χ0n) is 9.63. The molecular formula is C13H14ClFO2. The summed E-state index contributed by atoms with van der Waals surface area (Å²) in [6.07, 6.45) is 1.73. The lowest BCUT2D eigenvalue weighted by atomic mass is 9.92. The average molecular weight is 257 g/mol. The Kier molecular flexibility index (Phi) is 3.50. The summed E-state index contributed by atoms with van der Waals surface area (Å²) in [4.78, 5) is 12.1. The van der Waals surface area contributed by atoms with E-state index in [-0.39, 0.29) is 18.0 Å². The maximum absolute atomic E-state index is 13.1. The van der Waals surface area contributed by atoms with Crippen LogP contribution in [0.4, 0.5) is 4.39 Å². The van der Waals surface area contributed by atoms with E-state index < -0.39 is 5.60 Å². The Bertz CT molecular complexity index is 439. The van der Waals surface area contributed by atoms with E-state index in [2.05, 4.69) is 0 Å². The molecule has 0 bridgehead atoms. The summed E-state index contributed by atoms with van der Waals surface area (Å²) in [5.74, 6) is -0.419. The van der Waals surface area contributed by atoms with Crippen molar-refractivity contribution in [3.05, 3.63) is 34.6 Å². The van der Waals surface area contributed by atoms with Gasteiger partial charge in [-0.15, -0.1) is 0 Å². The van der Waals surface area contributed by atoms with Crippen molar-refractivity contribution in [3.63, 3.8) is 0 Å². The molecule has 0 radical (unpaired) electrons. The van der Waals surface area contributed by atoms with Crippen molar-refractivity contribution in [2.24, 2.45) is 0 Å². The van der Waals surface area contributed by atoms with Gasteiger partial charge >= 0.3 is 0 Å². The summed E-state index contributed by atoms with van der Waals surface area (Å²) in [6.45, 7) is 2.40. The molecule has 92 valence electrons. The van der Waals surface area contributed by atoms with Crippen molar-refractivity contribution >= 4 is 17.4 Å². The molecule has 1 aromatic rings. The summed E-state index contributed by atoms with van der Waals surface area (Å²) >= 11 is 5.93. The van der Waals surface area contributed by atoms with Crippen LogP contribution in [0.5, 0.6) is 0 Å². The number of hydrogen-bond donors (Lipinski definition) is 0. The van der Waals surface area contributed by atoms with E-state index in [1.165, 1.54) is 18.2 Å². The molecule has 0 aromatic heterocycles. The number of hydrogen-bond acceptors (Lipinski definition) is 2. The van der Waals surface area contributed by atoms with Crippen LogP contribution in [0, 0.1) is 5.82 Å². The molecular weight excluding hydrogens is 243 g/mol. The van der Waals surface area contributed by atoms with Gasteiger partial charge in [-0.05, 0) is 43.5 Å². The monoisotopic (exact) mass is 256 g/mol. The van der Waals surface area contributed by atoms with Gasteiger partial charge in [0.15, 0.2) is 5.78 Å². The fraction of sp³-hybridized carbons (Fsp3) is 0.462. The van der Waals surface area contributed by atoms with Gasteiger partial charge in [-0.1, -0.05) is 11.6 Å². The third kappa shape index (κ3) is 2.67. The molecule has 1 atom stereocenters. The number of Topliss-reactive ketones (excluding diaryl/α,β-unsaturated/α-hetero) is 1. The standard InChI is InChI=1S/C13H14ClFO2/c1-13(5-2-6-17-13)12(16)8-9-7-10(15)3-4-11(9)14/h3-4,7H,2,5-6,8H2,1H3. The molecule has 1 aliphatic rings. The number of benzene rings is 1. The first kappa shape index (κ1) is 12.5. The summed E-state index contributed by atoms with van der Waals surface area (Å²) in [5.41, 5.74) is -0.205. The zero-order chi connectivity index (χ0) is 12.5. The third-order valence-electron chi connectivity index (χ3n) is 3.17. The quantitative estimate of drug-likeness (QED) is 0.830. The SMILES string of the molecule is CC1(C(=O)Cc2cc(F)ccc2Cl)CCCO1. The highest BCUT2D eigenvalue weighted by Gasteiger charge is 2.37. The molecule has 1 aromatic carbocycles. The van der Waals surface area contributed by atoms with E-state index in [4.69, 9.17) is 16.3 Å². The maximum atomic E-state index is 13.1. The molecule has 0 amide bonds. The topological polar surface area (TPSA) is 26.3 Å². The minimum absolute atomic E-state index is 0.0394. The molecule has 0 saturated carbocycles. The number of carbonyl (C=O) groups excluding carboxylic acids is 1. The normalized spacial score (nSPS) is 23.9. The van der Waals surface area contributed by atoms with E-state index in [0.717, 1.165) is 12.8 Å². The first-order valence-electron chi connectivity index (χ1n) is 5.62. The number of ether oxygens (including phenoxy) is 1. The van der Waals surface area contributed by atoms with Crippen LogP contribution in [-0.4, -0.2) is 18.0 Å². The smallest absolute Gasteiger partial charge is 0.168 e. The second-order valence-corrected chi connectivity index (χ2v) is 4.93. The Morgan fingerprint density at radius 1 is 1.59 bits per heavy atom. The minimum atomic E-state index is -0.727. The minimum Gasteiger partial charge on any atom is -0.367 e. The number of ketones is 1. The van der Waals surface area contributed by atoms with Gasteiger partial charge in [0.25, 0.3) is 0 Å². The lowest BCUT2D eigenvalue weighted by Gasteiger charge is -2.21. The van der Waals surface area contributed by atoms with Crippen molar-refractivity contribution in [2.75, 3.05) is 6.61 Å². The van der Waals surface area contributed by atoms with Crippen molar-refractivity contribution in [1.82, 2.24) is 0 Å². The third-order valence-corrected chi connectivity index (χ3v) is 3.54. The van der Waals surface area contributed by atoms with Gasteiger partial charge in [0, 0.05) is 18.1 Å². The van der Waals surface area contributed by atoms with Crippen LogP contribution in [0.2, 0.25) is 5.02 Å². The summed E-state index contributed by atoms with van der Waals surface area (Å²) in [7, 11) is 0. The van der Waals surface area contributed by atoms with E-state index in [9.17, 15) is 9.18 Å². The van der Waals surface area contributed by atoms with E-state index in [1.54, 1.807) is 6.92 Å². The lowest BCUT2D eigenvalue weighted by Crippen LogP contribution is -2.35. The van der Waals surface area contributed by atoms with Gasteiger partial charge in [-0.2, -0.15) is 0 Å². The molecule has 0 aliphatic carbocycles. The predicted octanol–water partition coefficient (Wildman–Crippen LogP) is 3.16.